The Morgan fingerprint density at radius 3 is 2.90 bits per heavy atom. The number of imidazole rings is 2. The number of aromatic nitrogens is 5. The fourth-order valence-electron chi connectivity index (χ4n) is 3.01. The molecule has 0 aliphatic rings. The van der Waals surface area contributed by atoms with Crippen LogP contribution in [0.5, 0.6) is 5.75 Å². The number of benzene rings is 1. The van der Waals surface area contributed by atoms with E-state index in [0.29, 0.717) is 19.0 Å². The summed E-state index contributed by atoms with van der Waals surface area (Å²) >= 11 is 1.63. The number of thioether (sulfide) groups is 1. The number of nitrogens with zero attached hydrogens (tertiary/aromatic N) is 3. The maximum absolute atomic E-state index is 5.87. The van der Waals surface area contributed by atoms with Gasteiger partial charge < -0.3 is 19.4 Å². The second-order valence-corrected chi connectivity index (χ2v) is 7.56. The van der Waals surface area contributed by atoms with Gasteiger partial charge in [0, 0.05) is 49.4 Å². The van der Waals surface area contributed by atoms with E-state index in [9.17, 15) is 0 Å². The van der Waals surface area contributed by atoms with E-state index in [1.54, 1.807) is 31.4 Å². The molecule has 0 atom stereocenters. The van der Waals surface area contributed by atoms with Gasteiger partial charge in [-0.15, -0.1) is 0 Å². The molecule has 0 radical (unpaired) electrons. The zero-order valence-corrected chi connectivity index (χ0v) is 17.3. The van der Waals surface area contributed by atoms with Crippen LogP contribution >= 0.6 is 11.8 Å². The van der Waals surface area contributed by atoms with E-state index in [2.05, 4.69) is 19.9 Å². The van der Waals surface area contributed by atoms with E-state index in [-0.39, 0.29) is 0 Å². The average molecular weight is 410 g/mol. The van der Waals surface area contributed by atoms with Crippen molar-refractivity contribution in [2.24, 2.45) is 0 Å². The predicted octanol–water partition coefficient (Wildman–Crippen LogP) is 4.36. The maximum atomic E-state index is 5.87. The fourth-order valence-corrected chi connectivity index (χ4v) is 3.92. The molecular formula is C21H23N5O2S. The molecule has 150 valence electrons. The number of methoxy groups -OCH3 is 1. The second kappa shape index (κ2) is 9.11. The van der Waals surface area contributed by atoms with Gasteiger partial charge in [0.1, 0.15) is 5.75 Å². The first-order valence-electron chi connectivity index (χ1n) is 9.42. The standard InChI is InChI=1S/C21H23N5O2S/c1-14-19(23-7-6-20(14)28-9-3-8-27-2)12-29-21-25-16-5-4-15(10-17(16)26-21)18-11-22-13-24-18/h4-7,10-11,13H,3,8-9,12H2,1-2H3,(H,22,24)(H,25,26). The van der Waals surface area contributed by atoms with Crippen LogP contribution in [-0.2, 0) is 10.5 Å². The summed E-state index contributed by atoms with van der Waals surface area (Å²) in [5.41, 5.74) is 5.94. The molecule has 0 aliphatic heterocycles. The van der Waals surface area contributed by atoms with E-state index < -0.39 is 0 Å². The highest BCUT2D eigenvalue weighted by atomic mass is 32.2. The molecule has 2 N–H and O–H groups in total. The Bertz CT molecular complexity index is 1080. The Labute approximate surface area is 173 Å². The van der Waals surface area contributed by atoms with E-state index >= 15 is 0 Å². The number of nitrogens with one attached hydrogen (secondary N) is 2. The SMILES string of the molecule is COCCCOc1ccnc(CSc2nc3cc(-c4c[nH]cn4)ccc3[nH]2)c1C. The first-order chi connectivity index (χ1) is 14.2. The number of fused-ring (bicyclic) bond motifs is 1. The third kappa shape index (κ3) is 4.60. The smallest absolute Gasteiger partial charge is 0.166 e. The molecule has 0 saturated heterocycles. The van der Waals surface area contributed by atoms with Crippen molar-refractivity contribution in [2.75, 3.05) is 20.3 Å². The molecule has 3 heterocycles. The molecule has 0 bridgehead atoms. The van der Waals surface area contributed by atoms with Crippen LogP contribution in [-0.4, -0.2) is 45.2 Å². The van der Waals surface area contributed by atoms with Gasteiger partial charge in [0.25, 0.3) is 0 Å². The summed E-state index contributed by atoms with van der Waals surface area (Å²) < 4.78 is 10.9. The highest BCUT2D eigenvalue weighted by molar-refractivity contribution is 7.98. The van der Waals surface area contributed by atoms with Gasteiger partial charge in [-0.05, 0) is 25.1 Å². The molecule has 1 aromatic carbocycles. The van der Waals surface area contributed by atoms with Gasteiger partial charge in [-0.25, -0.2) is 9.97 Å². The molecule has 4 aromatic rings. The van der Waals surface area contributed by atoms with Crippen molar-refractivity contribution in [3.05, 3.63) is 54.2 Å². The number of hydrogen-bond donors (Lipinski definition) is 2. The van der Waals surface area contributed by atoms with Crippen LogP contribution < -0.4 is 4.74 Å². The number of hydrogen-bond acceptors (Lipinski definition) is 6. The number of aromatic amines is 2. The minimum absolute atomic E-state index is 0.632. The molecule has 29 heavy (non-hydrogen) atoms. The summed E-state index contributed by atoms with van der Waals surface area (Å²) in [4.78, 5) is 19.9. The summed E-state index contributed by atoms with van der Waals surface area (Å²) in [6.07, 6.45) is 6.21. The lowest BCUT2D eigenvalue weighted by Crippen LogP contribution is -2.04. The molecular weight excluding hydrogens is 386 g/mol. The number of ether oxygens (including phenoxy) is 2. The lowest BCUT2D eigenvalue weighted by atomic mass is 10.1. The predicted molar refractivity (Wildman–Crippen MR) is 114 cm³/mol. The largest absolute Gasteiger partial charge is 0.493 e. The Hall–Kier alpha value is -2.84. The van der Waals surface area contributed by atoms with Gasteiger partial charge >= 0.3 is 0 Å². The molecule has 0 saturated carbocycles. The van der Waals surface area contributed by atoms with Crippen LogP contribution in [0.1, 0.15) is 17.7 Å². The molecule has 0 amide bonds. The Morgan fingerprint density at radius 1 is 1.14 bits per heavy atom. The van der Waals surface area contributed by atoms with Crippen molar-refractivity contribution >= 4 is 22.8 Å². The first-order valence-corrected chi connectivity index (χ1v) is 10.4. The van der Waals surface area contributed by atoms with Crippen molar-refractivity contribution in [1.29, 1.82) is 0 Å². The van der Waals surface area contributed by atoms with Gasteiger partial charge in [0.2, 0.25) is 0 Å². The Balaban J connectivity index is 1.44. The summed E-state index contributed by atoms with van der Waals surface area (Å²) in [6.45, 7) is 3.37. The van der Waals surface area contributed by atoms with Gasteiger partial charge in [-0.3, -0.25) is 4.98 Å². The summed E-state index contributed by atoms with van der Waals surface area (Å²) in [7, 11) is 1.70. The molecule has 3 aromatic heterocycles. The van der Waals surface area contributed by atoms with Gasteiger partial charge in [0.15, 0.2) is 5.16 Å². The van der Waals surface area contributed by atoms with E-state index in [1.165, 1.54) is 0 Å². The van der Waals surface area contributed by atoms with Crippen molar-refractivity contribution in [3.63, 3.8) is 0 Å². The van der Waals surface area contributed by atoms with Crippen molar-refractivity contribution in [1.82, 2.24) is 24.9 Å². The van der Waals surface area contributed by atoms with Crippen molar-refractivity contribution in [2.45, 2.75) is 24.3 Å². The normalized spacial score (nSPS) is 11.2. The third-order valence-corrected chi connectivity index (χ3v) is 5.49. The lowest BCUT2D eigenvalue weighted by molar-refractivity contribution is 0.172. The Morgan fingerprint density at radius 2 is 2.07 bits per heavy atom. The van der Waals surface area contributed by atoms with Crippen LogP contribution in [0.25, 0.3) is 22.3 Å². The second-order valence-electron chi connectivity index (χ2n) is 6.59. The highest BCUT2D eigenvalue weighted by Crippen LogP contribution is 2.28. The number of rotatable bonds is 9. The van der Waals surface area contributed by atoms with E-state index in [0.717, 1.165) is 50.9 Å². The highest BCUT2D eigenvalue weighted by Gasteiger charge is 2.10. The van der Waals surface area contributed by atoms with Crippen molar-refractivity contribution in [3.8, 4) is 17.0 Å². The minimum atomic E-state index is 0.632. The molecule has 8 heteroatoms. The van der Waals surface area contributed by atoms with Crippen LogP contribution in [0.2, 0.25) is 0 Å². The lowest BCUT2D eigenvalue weighted by Gasteiger charge is -2.11. The molecule has 4 rings (SSSR count). The monoisotopic (exact) mass is 409 g/mol. The van der Waals surface area contributed by atoms with Crippen LogP contribution in [0.3, 0.4) is 0 Å². The quantitative estimate of drug-likeness (QED) is 0.315. The topological polar surface area (TPSA) is 88.7 Å². The summed E-state index contributed by atoms with van der Waals surface area (Å²) in [5, 5.41) is 0.867. The average Bonchev–Trinajstić information content (AvgIpc) is 3.40. The van der Waals surface area contributed by atoms with E-state index in [1.807, 2.05) is 37.4 Å². The third-order valence-electron chi connectivity index (χ3n) is 4.61. The van der Waals surface area contributed by atoms with Crippen molar-refractivity contribution < 1.29 is 9.47 Å². The maximum Gasteiger partial charge on any atom is 0.166 e. The first kappa shape index (κ1) is 19.5. The molecule has 0 spiro atoms. The molecule has 0 unspecified atom stereocenters. The van der Waals surface area contributed by atoms with Gasteiger partial charge in [-0.1, -0.05) is 17.8 Å². The number of pyridine rings is 1. The van der Waals surface area contributed by atoms with Gasteiger partial charge in [0.05, 0.1) is 35.4 Å². The van der Waals surface area contributed by atoms with E-state index in [4.69, 9.17) is 14.5 Å². The summed E-state index contributed by atoms with van der Waals surface area (Å²) in [6, 6.07) is 8.04. The fraction of sp³-hybridized carbons (Fsp3) is 0.286. The van der Waals surface area contributed by atoms with Gasteiger partial charge in [-0.2, -0.15) is 0 Å². The molecule has 0 aliphatic carbocycles. The van der Waals surface area contributed by atoms with Crippen LogP contribution in [0.4, 0.5) is 0 Å². The van der Waals surface area contributed by atoms with Crippen LogP contribution in [0.15, 0.2) is 48.1 Å². The summed E-state index contributed by atoms with van der Waals surface area (Å²) in [5.74, 6) is 1.59. The minimum Gasteiger partial charge on any atom is -0.493 e. The zero-order chi connectivity index (χ0) is 20.1. The zero-order valence-electron chi connectivity index (χ0n) is 16.4. The number of H-pyrrole nitrogens is 2. The molecule has 0 fully saturated rings. The van der Waals surface area contributed by atoms with Crippen LogP contribution in [0, 0.1) is 6.92 Å². The molecule has 7 nitrogen and oxygen atoms in total. The Kier molecular flexibility index (Phi) is 6.12.